The average molecular weight is 383 g/mol. The van der Waals surface area contributed by atoms with Crippen molar-refractivity contribution in [3.05, 3.63) is 68.6 Å². The van der Waals surface area contributed by atoms with Crippen molar-refractivity contribution in [3.8, 4) is 0 Å². The standard InChI is InChI=1S/C16H13BrF2N2O2/c1-20(8-10-2-4-12(18)13(19)6-10)9-21-14-5-3-11(17)7-15(14)23-16(21)22/h2-7H,8-9H2,1H3. The summed E-state index contributed by atoms with van der Waals surface area (Å²) in [5, 5.41) is 0. The van der Waals surface area contributed by atoms with Crippen LogP contribution in [-0.4, -0.2) is 16.5 Å². The van der Waals surface area contributed by atoms with E-state index in [1.54, 1.807) is 19.2 Å². The van der Waals surface area contributed by atoms with Crippen molar-refractivity contribution >= 4 is 27.0 Å². The van der Waals surface area contributed by atoms with Gasteiger partial charge in [0.05, 0.1) is 12.2 Å². The van der Waals surface area contributed by atoms with E-state index in [0.29, 0.717) is 23.2 Å². The van der Waals surface area contributed by atoms with Crippen molar-refractivity contribution in [2.24, 2.45) is 0 Å². The molecule has 3 rings (SSSR count). The first-order chi connectivity index (χ1) is 10.9. The molecule has 0 saturated carbocycles. The van der Waals surface area contributed by atoms with Gasteiger partial charge < -0.3 is 4.42 Å². The summed E-state index contributed by atoms with van der Waals surface area (Å²) in [5.41, 5.74) is 1.79. The highest BCUT2D eigenvalue weighted by molar-refractivity contribution is 9.10. The molecule has 0 unspecified atom stereocenters. The van der Waals surface area contributed by atoms with Crippen molar-refractivity contribution in [1.82, 2.24) is 9.47 Å². The number of rotatable bonds is 4. The molecule has 1 heterocycles. The molecule has 4 nitrogen and oxygen atoms in total. The largest absolute Gasteiger partial charge is 0.421 e. The van der Waals surface area contributed by atoms with Gasteiger partial charge in [0.2, 0.25) is 0 Å². The molecule has 0 aliphatic heterocycles. The second-order valence-electron chi connectivity index (χ2n) is 5.31. The maximum atomic E-state index is 13.2. The summed E-state index contributed by atoms with van der Waals surface area (Å²) >= 11 is 3.33. The monoisotopic (exact) mass is 382 g/mol. The van der Waals surface area contributed by atoms with Gasteiger partial charge in [-0.15, -0.1) is 0 Å². The van der Waals surface area contributed by atoms with Gasteiger partial charge >= 0.3 is 5.76 Å². The first-order valence-electron chi connectivity index (χ1n) is 6.85. The van der Waals surface area contributed by atoms with Crippen LogP contribution in [0, 0.1) is 11.6 Å². The lowest BCUT2D eigenvalue weighted by Crippen LogP contribution is -2.27. The number of halogens is 3. The van der Waals surface area contributed by atoms with Crippen molar-refractivity contribution in [3.63, 3.8) is 0 Å². The van der Waals surface area contributed by atoms with Crippen LogP contribution in [0.5, 0.6) is 0 Å². The predicted molar refractivity (Wildman–Crippen MR) is 86.0 cm³/mol. The van der Waals surface area contributed by atoms with Crippen LogP contribution in [0.25, 0.3) is 11.1 Å². The normalized spacial score (nSPS) is 11.5. The van der Waals surface area contributed by atoms with Crippen molar-refractivity contribution in [2.75, 3.05) is 7.05 Å². The van der Waals surface area contributed by atoms with Gasteiger partial charge in [0.1, 0.15) is 0 Å². The summed E-state index contributed by atoms with van der Waals surface area (Å²) < 4.78 is 33.7. The van der Waals surface area contributed by atoms with Crippen LogP contribution in [0.3, 0.4) is 0 Å². The lowest BCUT2D eigenvalue weighted by atomic mass is 10.2. The molecule has 2 aromatic carbocycles. The first kappa shape index (κ1) is 15.9. The van der Waals surface area contributed by atoms with Gasteiger partial charge in [-0.1, -0.05) is 22.0 Å². The molecule has 120 valence electrons. The molecule has 0 fully saturated rings. The van der Waals surface area contributed by atoms with Crippen molar-refractivity contribution < 1.29 is 13.2 Å². The molecule has 3 aromatic rings. The van der Waals surface area contributed by atoms with Gasteiger partial charge in [0, 0.05) is 11.0 Å². The number of benzene rings is 2. The van der Waals surface area contributed by atoms with Gasteiger partial charge in [-0.05, 0) is 42.9 Å². The number of oxazole rings is 1. The number of aromatic nitrogens is 1. The maximum Gasteiger partial charge on any atom is 0.421 e. The maximum absolute atomic E-state index is 13.2. The van der Waals surface area contributed by atoms with Crippen LogP contribution in [0.1, 0.15) is 5.56 Å². The number of fused-ring (bicyclic) bond motifs is 1. The van der Waals surface area contributed by atoms with E-state index in [1.165, 1.54) is 10.6 Å². The summed E-state index contributed by atoms with van der Waals surface area (Å²) in [7, 11) is 1.78. The predicted octanol–water partition coefficient (Wildman–Crippen LogP) is 3.72. The highest BCUT2D eigenvalue weighted by atomic mass is 79.9. The van der Waals surface area contributed by atoms with Crippen LogP contribution in [0.4, 0.5) is 8.78 Å². The lowest BCUT2D eigenvalue weighted by Gasteiger charge is -2.17. The van der Waals surface area contributed by atoms with Crippen LogP contribution < -0.4 is 5.76 Å². The second kappa shape index (κ2) is 6.25. The van der Waals surface area contributed by atoms with E-state index in [9.17, 15) is 13.6 Å². The van der Waals surface area contributed by atoms with Crippen LogP contribution >= 0.6 is 15.9 Å². The summed E-state index contributed by atoms with van der Waals surface area (Å²) in [6, 6.07) is 9.10. The Bertz CT molecular complexity index is 920. The van der Waals surface area contributed by atoms with Gasteiger partial charge in [-0.3, -0.25) is 9.47 Å². The minimum atomic E-state index is -0.883. The van der Waals surface area contributed by atoms with E-state index in [2.05, 4.69) is 15.9 Å². The smallest absolute Gasteiger partial charge is 0.408 e. The van der Waals surface area contributed by atoms with Gasteiger partial charge in [-0.25, -0.2) is 13.6 Å². The summed E-state index contributed by atoms with van der Waals surface area (Å²) in [6.45, 7) is 0.638. The Morgan fingerprint density at radius 1 is 1.17 bits per heavy atom. The third-order valence-corrected chi connectivity index (χ3v) is 3.94. The average Bonchev–Trinajstić information content (AvgIpc) is 2.78. The Morgan fingerprint density at radius 2 is 1.96 bits per heavy atom. The van der Waals surface area contributed by atoms with Crippen LogP contribution in [0.15, 0.2) is 50.1 Å². The topological polar surface area (TPSA) is 38.4 Å². The van der Waals surface area contributed by atoms with Gasteiger partial charge in [-0.2, -0.15) is 0 Å². The van der Waals surface area contributed by atoms with Crippen LogP contribution in [0.2, 0.25) is 0 Å². The molecule has 0 bridgehead atoms. The molecule has 0 atom stereocenters. The second-order valence-corrected chi connectivity index (χ2v) is 6.23. The molecule has 0 amide bonds. The van der Waals surface area contributed by atoms with E-state index in [0.717, 1.165) is 16.6 Å². The highest BCUT2D eigenvalue weighted by Gasteiger charge is 2.12. The third kappa shape index (κ3) is 3.35. The summed E-state index contributed by atoms with van der Waals surface area (Å²) in [6.07, 6.45) is 0. The fourth-order valence-corrected chi connectivity index (χ4v) is 2.76. The quantitative estimate of drug-likeness (QED) is 0.689. The fraction of sp³-hybridized carbons (Fsp3) is 0.188. The Hall–Kier alpha value is -1.99. The van der Waals surface area contributed by atoms with Crippen molar-refractivity contribution in [1.29, 1.82) is 0 Å². The third-order valence-electron chi connectivity index (χ3n) is 3.45. The van der Waals surface area contributed by atoms with Crippen molar-refractivity contribution in [2.45, 2.75) is 13.2 Å². The molecule has 0 saturated heterocycles. The lowest BCUT2D eigenvalue weighted by molar-refractivity contribution is 0.253. The zero-order valence-corrected chi connectivity index (χ0v) is 13.8. The fourth-order valence-electron chi connectivity index (χ4n) is 2.42. The van der Waals surface area contributed by atoms with E-state index >= 15 is 0 Å². The molecule has 0 aliphatic rings. The Labute approximate surface area is 139 Å². The SMILES string of the molecule is CN(Cc1ccc(F)c(F)c1)Cn1c(=O)oc2cc(Br)ccc21. The molecular weight excluding hydrogens is 370 g/mol. The molecule has 1 aromatic heterocycles. The zero-order chi connectivity index (χ0) is 16.6. The Balaban J connectivity index is 1.82. The molecule has 0 aliphatic carbocycles. The van der Waals surface area contributed by atoms with E-state index in [1.807, 2.05) is 11.0 Å². The molecule has 0 spiro atoms. The minimum Gasteiger partial charge on any atom is -0.408 e. The molecule has 0 N–H and O–H groups in total. The molecule has 7 heteroatoms. The Kier molecular flexibility index (Phi) is 4.32. The van der Waals surface area contributed by atoms with E-state index < -0.39 is 17.4 Å². The number of nitrogens with zero attached hydrogens (tertiary/aromatic N) is 2. The summed E-state index contributed by atoms with van der Waals surface area (Å²) in [4.78, 5) is 13.8. The molecule has 0 radical (unpaired) electrons. The Morgan fingerprint density at radius 3 is 2.70 bits per heavy atom. The number of hydrogen-bond acceptors (Lipinski definition) is 3. The molecular formula is C16H13BrF2N2O2. The van der Waals surface area contributed by atoms with E-state index in [4.69, 9.17) is 4.42 Å². The summed E-state index contributed by atoms with van der Waals surface area (Å²) in [5.74, 6) is -2.22. The zero-order valence-electron chi connectivity index (χ0n) is 12.2. The van der Waals surface area contributed by atoms with E-state index in [-0.39, 0.29) is 6.67 Å². The highest BCUT2D eigenvalue weighted by Crippen LogP contribution is 2.19. The molecule has 23 heavy (non-hydrogen) atoms. The minimum absolute atomic E-state index is 0.270. The first-order valence-corrected chi connectivity index (χ1v) is 7.65. The number of hydrogen-bond donors (Lipinski definition) is 0. The van der Waals surface area contributed by atoms with Gasteiger partial charge in [0.15, 0.2) is 17.2 Å². The van der Waals surface area contributed by atoms with Crippen LogP contribution in [-0.2, 0) is 13.2 Å². The van der Waals surface area contributed by atoms with Gasteiger partial charge in [0.25, 0.3) is 0 Å².